The quantitative estimate of drug-likeness (QED) is 0.926. The summed E-state index contributed by atoms with van der Waals surface area (Å²) in [5.74, 6) is 1.44. The van der Waals surface area contributed by atoms with E-state index >= 15 is 0 Å². The topological polar surface area (TPSA) is 55.6 Å². The normalized spacial score (nSPS) is 25.5. The zero-order valence-corrected chi connectivity index (χ0v) is 15.0. The molecule has 1 aliphatic carbocycles. The van der Waals surface area contributed by atoms with Gasteiger partial charge in [-0.3, -0.25) is 4.79 Å². The van der Waals surface area contributed by atoms with Crippen molar-refractivity contribution in [3.63, 3.8) is 0 Å². The fourth-order valence-electron chi connectivity index (χ4n) is 3.92. The van der Waals surface area contributed by atoms with Crippen LogP contribution in [0.15, 0.2) is 18.2 Å². The van der Waals surface area contributed by atoms with Crippen LogP contribution in [-0.2, 0) is 4.79 Å². The molecule has 1 saturated carbocycles. The molecule has 1 heterocycles. The van der Waals surface area contributed by atoms with E-state index in [1.54, 1.807) is 0 Å². The number of amides is 1. The summed E-state index contributed by atoms with van der Waals surface area (Å²) in [4.78, 5) is 14.7. The van der Waals surface area contributed by atoms with Gasteiger partial charge >= 0.3 is 0 Å². The Morgan fingerprint density at radius 2 is 1.92 bits per heavy atom. The van der Waals surface area contributed by atoms with Gasteiger partial charge in [0, 0.05) is 37.9 Å². The number of hydrogen-bond acceptors (Lipinski definition) is 3. The number of rotatable bonds is 3. The number of ether oxygens (including phenoxy) is 1. The van der Waals surface area contributed by atoms with Gasteiger partial charge in [0.1, 0.15) is 11.9 Å². The maximum Gasteiger partial charge on any atom is 0.225 e. The lowest BCUT2D eigenvalue weighted by Crippen LogP contribution is -2.46. The second-order valence-electron chi connectivity index (χ2n) is 7.54. The molecule has 1 aliphatic heterocycles. The Labute approximate surface area is 145 Å². The summed E-state index contributed by atoms with van der Waals surface area (Å²) in [6.45, 7) is 5.78. The van der Waals surface area contributed by atoms with Gasteiger partial charge in [-0.1, -0.05) is 18.6 Å². The highest BCUT2D eigenvalue weighted by molar-refractivity contribution is 5.79. The molecule has 2 aliphatic rings. The molecule has 0 spiro atoms. The third-order valence-electron chi connectivity index (χ3n) is 5.45. The molecule has 3 rings (SSSR count). The van der Waals surface area contributed by atoms with Crippen molar-refractivity contribution in [3.05, 3.63) is 29.3 Å². The summed E-state index contributed by atoms with van der Waals surface area (Å²) < 4.78 is 6.20. The van der Waals surface area contributed by atoms with Gasteiger partial charge in [0.15, 0.2) is 0 Å². The molecule has 1 saturated heterocycles. The van der Waals surface area contributed by atoms with E-state index in [9.17, 15) is 4.79 Å². The van der Waals surface area contributed by atoms with Crippen molar-refractivity contribution in [3.8, 4) is 5.75 Å². The lowest BCUT2D eigenvalue weighted by atomic mass is 9.85. The van der Waals surface area contributed by atoms with Crippen LogP contribution < -0.4 is 10.5 Å². The SMILES string of the molecule is Cc1ccc(C)c(OC2CCN(C(=O)[C@H]3CCC[C@@H](N)C3)CC2)c1. The van der Waals surface area contributed by atoms with E-state index in [0.717, 1.165) is 57.4 Å². The Morgan fingerprint density at radius 1 is 1.17 bits per heavy atom. The standard InChI is InChI=1S/C20H30N2O2/c1-14-6-7-15(2)19(12-14)24-18-8-10-22(11-9-18)20(23)16-4-3-5-17(21)13-16/h6-7,12,16-18H,3-5,8-11,13,21H2,1-2H3/t16-,17+/m0/s1. The minimum atomic E-state index is 0.144. The van der Waals surface area contributed by atoms with Crippen molar-refractivity contribution >= 4 is 5.91 Å². The van der Waals surface area contributed by atoms with Gasteiger partial charge in [0.2, 0.25) is 5.91 Å². The van der Waals surface area contributed by atoms with E-state index in [-0.39, 0.29) is 18.1 Å². The molecule has 0 bridgehead atoms. The Kier molecular flexibility index (Phi) is 5.44. The molecule has 2 fully saturated rings. The van der Waals surface area contributed by atoms with Crippen LogP contribution in [0.4, 0.5) is 0 Å². The second-order valence-corrected chi connectivity index (χ2v) is 7.54. The molecule has 2 N–H and O–H groups in total. The van der Waals surface area contributed by atoms with Crippen molar-refractivity contribution in [1.29, 1.82) is 0 Å². The van der Waals surface area contributed by atoms with Crippen molar-refractivity contribution in [2.24, 2.45) is 11.7 Å². The average Bonchev–Trinajstić information content (AvgIpc) is 2.58. The minimum Gasteiger partial charge on any atom is -0.490 e. The summed E-state index contributed by atoms with van der Waals surface area (Å²) in [6, 6.07) is 6.53. The van der Waals surface area contributed by atoms with Gasteiger partial charge in [-0.2, -0.15) is 0 Å². The van der Waals surface area contributed by atoms with Crippen LogP contribution in [0.1, 0.15) is 49.7 Å². The molecule has 1 amide bonds. The van der Waals surface area contributed by atoms with Crippen LogP contribution in [0.2, 0.25) is 0 Å². The Bertz CT molecular complexity index is 579. The summed E-state index contributed by atoms with van der Waals surface area (Å²) >= 11 is 0. The molecule has 24 heavy (non-hydrogen) atoms. The number of nitrogens with zero attached hydrogens (tertiary/aromatic N) is 1. The first-order valence-corrected chi connectivity index (χ1v) is 9.31. The lowest BCUT2D eigenvalue weighted by Gasteiger charge is -2.36. The molecule has 1 aromatic rings. The summed E-state index contributed by atoms with van der Waals surface area (Å²) in [5, 5.41) is 0. The first-order chi connectivity index (χ1) is 11.5. The predicted molar refractivity (Wildman–Crippen MR) is 96.1 cm³/mol. The highest BCUT2D eigenvalue weighted by atomic mass is 16.5. The Balaban J connectivity index is 1.52. The number of nitrogens with two attached hydrogens (primary N) is 1. The average molecular weight is 330 g/mol. The van der Waals surface area contributed by atoms with Crippen molar-refractivity contribution in [2.75, 3.05) is 13.1 Å². The molecule has 1 aromatic carbocycles. The lowest BCUT2D eigenvalue weighted by molar-refractivity contribution is -0.138. The van der Waals surface area contributed by atoms with Gasteiger partial charge in [-0.25, -0.2) is 0 Å². The van der Waals surface area contributed by atoms with Crippen molar-refractivity contribution in [2.45, 2.75) is 64.5 Å². The second kappa shape index (κ2) is 7.56. The third-order valence-corrected chi connectivity index (χ3v) is 5.45. The fraction of sp³-hybridized carbons (Fsp3) is 0.650. The molecular formula is C20H30N2O2. The Morgan fingerprint density at radius 3 is 2.62 bits per heavy atom. The van der Waals surface area contributed by atoms with E-state index in [2.05, 4.69) is 32.0 Å². The maximum atomic E-state index is 12.7. The number of likely N-dealkylation sites (tertiary alicyclic amines) is 1. The molecule has 0 unspecified atom stereocenters. The number of benzene rings is 1. The van der Waals surface area contributed by atoms with E-state index < -0.39 is 0 Å². The number of aryl methyl sites for hydroxylation is 2. The largest absolute Gasteiger partial charge is 0.490 e. The summed E-state index contributed by atoms with van der Waals surface area (Å²) in [5.41, 5.74) is 8.43. The molecule has 4 heteroatoms. The van der Waals surface area contributed by atoms with Crippen LogP contribution in [0.3, 0.4) is 0 Å². The molecule has 0 aromatic heterocycles. The molecule has 4 nitrogen and oxygen atoms in total. The van der Waals surface area contributed by atoms with Gasteiger partial charge in [0.05, 0.1) is 0 Å². The fourth-order valence-corrected chi connectivity index (χ4v) is 3.92. The zero-order chi connectivity index (χ0) is 17.1. The number of hydrogen-bond donors (Lipinski definition) is 1. The van der Waals surface area contributed by atoms with Crippen LogP contribution in [0, 0.1) is 19.8 Å². The van der Waals surface area contributed by atoms with Crippen LogP contribution in [-0.4, -0.2) is 36.0 Å². The van der Waals surface area contributed by atoms with Crippen LogP contribution in [0.25, 0.3) is 0 Å². The summed E-state index contributed by atoms with van der Waals surface area (Å²) in [7, 11) is 0. The van der Waals surface area contributed by atoms with E-state index in [1.807, 2.05) is 4.90 Å². The zero-order valence-electron chi connectivity index (χ0n) is 15.0. The molecule has 132 valence electrons. The van der Waals surface area contributed by atoms with Crippen molar-refractivity contribution < 1.29 is 9.53 Å². The van der Waals surface area contributed by atoms with Gasteiger partial charge < -0.3 is 15.4 Å². The van der Waals surface area contributed by atoms with Crippen LogP contribution in [0.5, 0.6) is 5.75 Å². The first-order valence-electron chi connectivity index (χ1n) is 9.31. The number of piperidine rings is 1. The van der Waals surface area contributed by atoms with E-state index in [0.29, 0.717) is 5.91 Å². The van der Waals surface area contributed by atoms with Gasteiger partial charge in [0.25, 0.3) is 0 Å². The third kappa shape index (κ3) is 4.10. The number of carbonyl (C=O) groups excluding carboxylic acids is 1. The summed E-state index contributed by atoms with van der Waals surface area (Å²) in [6.07, 6.45) is 6.06. The highest BCUT2D eigenvalue weighted by Crippen LogP contribution is 2.28. The van der Waals surface area contributed by atoms with Gasteiger partial charge in [-0.05, 0) is 50.3 Å². The van der Waals surface area contributed by atoms with E-state index in [1.165, 1.54) is 11.1 Å². The number of carbonyl (C=O) groups is 1. The van der Waals surface area contributed by atoms with E-state index in [4.69, 9.17) is 10.5 Å². The minimum absolute atomic E-state index is 0.144. The molecular weight excluding hydrogens is 300 g/mol. The highest BCUT2D eigenvalue weighted by Gasteiger charge is 2.31. The monoisotopic (exact) mass is 330 g/mol. The Hall–Kier alpha value is -1.55. The molecule has 0 radical (unpaired) electrons. The molecule has 2 atom stereocenters. The first kappa shape index (κ1) is 17.3. The maximum absolute atomic E-state index is 12.7. The smallest absolute Gasteiger partial charge is 0.225 e. The van der Waals surface area contributed by atoms with Crippen molar-refractivity contribution in [1.82, 2.24) is 4.90 Å². The predicted octanol–water partition coefficient (Wildman–Crippen LogP) is 3.19. The van der Waals surface area contributed by atoms with Gasteiger partial charge in [-0.15, -0.1) is 0 Å². The van der Waals surface area contributed by atoms with Crippen LogP contribution >= 0.6 is 0 Å².